The Morgan fingerprint density at radius 3 is 3.18 bits per heavy atom. The number of hydrogen-bond donors (Lipinski definition) is 1. The lowest BCUT2D eigenvalue weighted by molar-refractivity contribution is 0.0940. The summed E-state index contributed by atoms with van der Waals surface area (Å²) in [6.07, 6.45) is -3.62. The highest BCUT2D eigenvalue weighted by atomic mass is 19.1. The van der Waals surface area contributed by atoms with Gasteiger partial charge in [0.25, 0.3) is 5.91 Å². The minimum atomic E-state index is -2.77. The molecule has 7 nitrogen and oxygen atoms in total. The Balaban J connectivity index is 1.82. The van der Waals surface area contributed by atoms with Crippen LogP contribution in [0.2, 0.25) is 0 Å². The van der Waals surface area contributed by atoms with E-state index < -0.39 is 42.9 Å². The van der Waals surface area contributed by atoms with Gasteiger partial charge >= 0.3 is 0 Å². The van der Waals surface area contributed by atoms with Crippen LogP contribution in [0.15, 0.2) is 30.7 Å². The minimum absolute atomic E-state index is 0.0310. The average molecular weight is 386 g/mol. The summed E-state index contributed by atoms with van der Waals surface area (Å²) < 4.78 is 67.1. The maximum absolute atomic E-state index is 14.4. The van der Waals surface area contributed by atoms with Crippen molar-refractivity contribution in [2.24, 2.45) is 0 Å². The number of rotatable bonds is 0. The molecule has 1 N–H and O–H groups in total. The molecule has 2 bridgehead atoms. The highest BCUT2D eigenvalue weighted by Crippen LogP contribution is 2.37. The molecule has 1 fully saturated rings. The van der Waals surface area contributed by atoms with Gasteiger partial charge in [0.15, 0.2) is 5.65 Å². The fourth-order valence-electron chi connectivity index (χ4n) is 3.54. The molecule has 8 heteroatoms. The van der Waals surface area contributed by atoms with E-state index in [1.165, 1.54) is 17.6 Å². The Hall–Kier alpha value is -3.03. The van der Waals surface area contributed by atoms with Crippen LogP contribution in [0.3, 0.4) is 0 Å². The van der Waals surface area contributed by atoms with E-state index in [-0.39, 0.29) is 35.4 Å². The molecule has 0 aromatic carbocycles. The maximum Gasteiger partial charge on any atom is 0.256 e. The van der Waals surface area contributed by atoms with Crippen molar-refractivity contribution < 1.29 is 17.4 Å². The Labute approximate surface area is 170 Å². The quantitative estimate of drug-likeness (QED) is 0.643. The van der Waals surface area contributed by atoms with Gasteiger partial charge in [0, 0.05) is 32.7 Å². The van der Waals surface area contributed by atoms with Crippen LogP contribution in [0.5, 0.6) is 0 Å². The van der Waals surface area contributed by atoms with Crippen LogP contribution < -0.4 is 10.2 Å². The van der Waals surface area contributed by atoms with E-state index >= 15 is 0 Å². The van der Waals surface area contributed by atoms with Gasteiger partial charge in [0.1, 0.15) is 17.2 Å². The highest BCUT2D eigenvalue weighted by molar-refractivity contribution is 5.99. The largest absolute Gasteiger partial charge is 0.349 e. The van der Waals surface area contributed by atoms with Crippen molar-refractivity contribution in [3.05, 3.63) is 53.4 Å². The van der Waals surface area contributed by atoms with Crippen molar-refractivity contribution in [1.29, 1.82) is 0 Å². The van der Waals surface area contributed by atoms with Gasteiger partial charge in [-0.1, -0.05) is 0 Å². The first-order chi connectivity index (χ1) is 15.8. The first-order valence-corrected chi connectivity index (χ1v) is 8.90. The molecule has 3 aromatic rings. The number of aryl methyl sites for hydroxylation is 1. The molecule has 1 unspecified atom stereocenters. The van der Waals surface area contributed by atoms with Crippen molar-refractivity contribution in [1.82, 2.24) is 24.9 Å². The second-order valence-electron chi connectivity index (χ2n) is 6.77. The Bertz CT molecular complexity index is 1310. The summed E-state index contributed by atoms with van der Waals surface area (Å²) in [4.78, 5) is 23.0. The molecule has 2 aliphatic rings. The predicted octanol–water partition coefficient (Wildman–Crippen LogP) is 2.67. The van der Waals surface area contributed by atoms with Gasteiger partial charge in [0.2, 0.25) is 0 Å². The van der Waals surface area contributed by atoms with Crippen LogP contribution >= 0.6 is 0 Å². The van der Waals surface area contributed by atoms with Crippen LogP contribution in [0.4, 0.5) is 10.2 Å². The first-order valence-electron chi connectivity index (χ1n) is 11.9. The number of hydrogen-bond acceptors (Lipinski definition) is 5. The van der Waals surface area contributed by atoms with Crippen molar-refractivity contribution in [2.75, 3.05) is 11.4 Å². The number of nitrogens with zero attached hydrogens (tertiary/aromatic N) is 5. The monoisotopic (exact) mass is 386 g/mol. The van der Waals surface area contributed by atoms with Crippen molar-refractivity contribution in [2.45, 2.75) is 44.5 Å². The van der Waals surface area contributed by atoms with E-state index in [9.17, 15) is 9.18 Å². The van der Waals surface area contributed by atoms with Gasteiger partial charge in [0.05, 0.1) is 18.4 Å². The molecular weight excluding hydrogens is 359 g/mol. The second-order valence-corrected chi connectivity index (χ2v) is 6.77. The van der Waals surface area contributed by atoms with Crippen molar-refractivity contribution in [3.63, 3.8) is 0 Å². The zero-order chi connectivity index (χ0) is 24.6. The second kappa shape index (κ2) is 6.54. The van der Waals surface area contributed by atoms with Crippen LogP contribution in [0.1, 0.15) is 62.0 Å². The third-order valence-corrected chi connectivity index (χ3v) is 4.89. The van der Waals surface area contributed by atoms with E-state index in [4.69, 9.17) is 8.22 Å². The number of anilines is 1. The first kappa shape index (κ1) is 11.7. The number of amides is 1. The molecule has 144 valence electrons. The molecule has 5 heterocycles. The van der Waals surface area contributed by atoms with Crippen molar-refractivity contribution in [3.8, 4) is 0 Å². The number of aromatic nitrogens is 4. The molecule has 2 atom stereocenters. The molecule has 0 radical (unpaired) electrons. The number of carbonyl (C=O) groups is 1. The molecule has 1 amide bonds. The lowest BCUT2D eigenvalue weighted by Gasteiger charge is -2.27. The molecule has 2 aliphatic heterocycles. The van der Waals surface area contributed by atoms with Gasteiger partial charge in [-0.3, -0.25) is 9.78 Å². The van der Waals surface area contributed by atoms with E-state index in [2.05, 4.69) is 20.4 Å². The Kier molecular flexibility index (Phi) is 2.74. The average Bonchev–Trinajstić information content (AvgIpc) is 3.32. The molecule has 0 aliphatic carbocycles. The molecule has 3 aromatic heterocycles. The fourth-order valence-corrected chi connectivity index (χ4v) is 3.54. The third kappa shape index (κ3) is 2.80. The predicted molar refractivity (Wildman–Crippen MR) is 102 cm³/mol. The number of halogens is 1. The maximum atomic E-state index is 14.4. The fraction of sp³-hybridized carbons (Fsp3) is 0.400. The van der Waals surface area contributed by atoms with E-state index in [1.54, 1.807) is 17.2 Å². The smallest absolute Gasteiger partial charge is 0.256 e. The molecule has 0 saturated carbocycles. The molecule has 5 rings (SSSR count). The number of pyridine rings is 1. The SMILES string of the molecule is [2H]C1([2H])CC2c3cc(F)cnc3C([2H])([2H])C([2H])([2H])[C@@H](C)NC(=O)c3cnn4ccc(nc34)N2C1. The zero-order valence-electron chi connectivity index (χ0n) is 21.0. The summed E-state index contributed by atoms with van der Waals surface area (Å²) in [7, 11) is 0. The Morgan fingerprint density at radius 2 is 2.29 bits per heavy atom. The summed E-state index contributed by atoms with van der Waals surface area (Å²) in [6, 6.07) is 0.458. The highest BCUT2D eigenvalue weighted by Gasteiger charge is 2.31. The zero-order valence-corrected chi connectivity index (χ0v) is 15.0. The molecular formula is C20H21FN6O. The minimum Gasteiger partial charge on any atom is -0.349 e. The lowest BCUT2D eigenvalue weighted by Crippen LogP contribution is -2.33. The van der Waals surface area contributed by atoms with Crippen LogP contribution in [0, 0.1) is 5.82 Å². The lowest BCUT2D eigenvalue weighted by atomic mass is 9.98. The number of nitrogens with one attached hydrogen (secondary N) is 1. The normalized spacial score (nSPS) is 30.8. The van der Waals surface area contributed by atoms with E-state index in [0.717, 1.165) is 12.3 Å². The van der Waals surface area contributed by atoms with Gasteiger partial charge in [-0.2, -0.15) is 5.10 Å². The Morgan fingerprint density at radius 1 is 1.39 bits per heavy atom. The van der Waals surface area contributed by atoms with Gasteiger partial charge < -0.3 is 10.2 Å². The summed E-state index contributed by atoms with van der Waals surface area (Å²) in [5, 5.41) is 6.61. The summed E-state index contributed by atoms with van der Waals surface area (Å²) in [5.74, 6) is -1.15. The van der Waals surface area contributed by atoms with E-state index in [1.807, 2.05) is 0 Å². The number of carbonyl (C=O) groups excluding carboxylic acids is 1. The number of fused-ring (bicyclic) bond motifs is 5. The van der Waals surface area contributed by atoms with Crippen molar-refractivity contribution >= 4 is 17.4 Å². The summed E-state index contributed by atoms with van der Waals surface area (Å²) in [6.45, 7) is 1.21. The van der Waals surface area contributed by atoms with E-state index in [0.29, 0.717) is 5.82 Å². The topological polar surface area (TPSA) is 75.4 Å². The van der Waals surface area contributed by atoms with Gasteiger partial charge in [-0.15, -0.1) is 0 Å². The third-order valence-electron chi connectivity index (χ3n) is 4.89. The van der Waals surface area contributed by atoms with Gasteiger partial charge in [-0.25, -0.2) is 13.9 Å². The van der Waals surface area contributed by atoms with Gasteiger partial charge in [-0.05, 0) is 50.2 Å². The standard InChI is InChI=1S/C20H21FN6O/c1-12-4-5-16-14(9-13(21)10-22-16)17-3-2-7-26(17)18-6-8-27-19(25-18)15(11-23-27)20(28)24-12/h6,8-12,17H,2-5,7H2,1H3,(H,24,28)/t12-,17?/m1/s1/i2D2,4D2,5D2. The van der Waals surface area contributed by atoms with Crippen LogP contribution in [0.25, 0.3) is 5.65 Å². The summed E-state index contributed by atoms with van der Waals surface area (Å²) in [5.41, 5.74) is -0.0852. The van der Waals surface area contributed by atoms with Crippen LogP contribution in [-0.2, 0) is 6.37 Å². The van der Waals surface area contributed by atoms with Crippen LogP contribution in [-0.4, -0.2) is 38.1 Å². The molecule has 1 saturated heterocycles. The molecule has 0 spiro atoms. The summed E-state index contributed by atoms with van der Waals surface area (Å²) >= 11 is 0. The molecule has 28 heavy (non-hydrogen) atoms.